The molecule has 0 aliphatic carbocycles. The van der Waals surface area contributed by atoms with E-state index in [1.54, 1.807) is 0 Å². The Morgan fingerprint density at radius 1 is 1.00 bits per heavy atom. The van der Waals surface area contributed by atoms with Crippen molar-refractivity contribution in [2.45, 2.75) is 20.8 Å². The van der Waals surface area contributed by atoms with Crippen LogP contribution in [-0.2, 0) is 0 Å². The van der Waals surface area contributed by atoms with Crippen molar-refractivity contribution in [3.05, 3.63) is 39.8 Å². The van der Waals surface area contributed by atoms with E-state index in [2.05, 4.69) is 42.9 Å². The summed E-state index contributed by atoms with van der Waals surface area (Å²) in [5, 5.41) is 0. The molecule has 1 aromatic carbocycles. The van der Waals surface area contributed by atoms with Gasteiger partial charge in [0.2, 0.25) is 0 Å². The third-order valence-electron chi connectivity index (χ3n) is 2.73. The SMILES string of the molecule is Cc1cc(C)c(-c2c[nH]c(=S)[nH]2)cc1C. The van der Waals surface area contributed by atoms with Crippen LogP contribution in [0, 0.1) is 25.5 Å². The molecule has 78 valence electrons. The van der Waals surface area contributed by atoms with Gasteiger partial charge in [-0.2, -0.15) is 0 Å². The maximum absolute atomic E-state index is 5.02. The predicted octanol–water partition coefficient (Wildman–Crippen LogP) is 3.66. The summed E-state index contributed by atoms with van der Waals surface area (Å²) in [6, 6.07) is 4.40. The average Bonchev–Trinajstić information content (AvgIpc) is 2.58. The highest BCUT2D eigenvalue weighted by atomic mass is 32.1. The molecule has 3 heteroatoms. The molecule has 2 rings (SSSR count). The number of aromatic amines is 2. The summed E-state index contributed by atoms with van der Waals surface area (Å²) in [7, 11) is 0. The van der Waals surface area contributed by atoms with Gasteiger partial charge in [-0.15, -0.1) is 0 Å². The van der Waals surface area contributed by atoms with Gasteiger partial charge in [-0.1, -0.05) is 6.07 Å². The molecule has 15 heavy (non-hydrogen) atoms. The largest absolute Gasteiger partial charge is 0.337 e. The van der Waals surface area contributed by atoms with E-state index in [4.69, 9.17) is 12.2 Å². The smallest absolute Gasteiger partial charge is 0.174 e. The van der Waals surface area contributed by atoms with Crippen LogP contribution in [0.5, 0.6) is 0 Å². The lowest BCUT2D eigenvalue weighted by molar-refractivity contribution is 1.26. The molecular weight excluding hydrogens is 204 g/mol. The number of aromatic nitrogens is 2. The third-order valence-corrected chi connectivity index (χ3v) is 2.95. The second-order valence-electron chi connectivity index (χ2n) is 3.91. The maximum Gasteiger partial charge on any atom is 0.174 e. The number of hydrogen-bond acceptors (Lipinski definition) is 1. The number of aryl methyl sites for hydroxylation is 3. The minimum Gasteiger partial charge on any atom is -0.337 e. The minimum absolute atomic E-state index is 0.669. The number of H-pyrrole nitrogens is 2. The number of benzene rings is 1. The fourth-order valence-electron chi connectivity index (χ4n) is 1.73. The summed E-state index contributed by atoms with van der Waals surface area (Å²) in [5.74, 6) is 0. The number of rotatable bonds is 1. The van der Waals surface area contributed by atoms with Gasteiger partial charge in [0.25, 0.3) is 0 Å². The topological polar surface area (TPSA) is 31.6 Å². The van der Waals surface area contributed by atoms with E-state index in [1.165, 1.54) is 22.3 Å². The molecule has 0 aliphatic heterocycles. The van der Waals surface area contributed by atoms with Crippen molar-refractivity contribution in [1.29, 1.82) is 0 Å². The molecule has 0 fully saturated rings. The molecular formula is C12H14N2S. The third kappa shape index (κ3) is 1.88. The monoisotopic (exact) mass is 218 g/mol. The van der Waals surface area contributed by atoms with Gasteiger partial charge in [0.15, 0.2) is 4.77 Å². The summed E-state index contributed by atoms with van der Waals surface area (Å²) in [6.07, 6.45) is 1.92. The van der Waals surface area contributed by atoms with Crippen molar-refractivity contribution in [3.8, 4) is 11.3 Å². The lowest BCUT2D eigenvalue weighted by Crippen LogP contribution is -1.88. The molecule has 0 amide bonds. The van der Waals surface area contributed by atoms with E-state index in [0.717, 1.165) is 5.69 Å². The lowest BCUT2D eigenvalue weighted by atomic mass is 9.99. The quantitative estimate of drug-likeness (QED) is 0.703. The zero-order valence-corrected chi connectivity index (χ0v) is 9.96. The second kappa shape index (κ2) is 3.66. The molecule has 0 saturated heterocycles. The Kier molecular flexibility index (Phi) is 2.49. The van der Waals surface area contributed by atoms with Crippen LogP contribution in [0.25, 0.3) is 11.3 Å². The van der Waals surface area contributed by atoms with E-state index in [9.17, 15) is 0 Å². The molecule has 0 unspecified atom stereocenters. The summed E-state index contributed by atoms with van der Waals surface area (Å²) in [4.78, 5) is 6.13. The normalized spacial score (nSPS) is 10.6. The van der Waals surface area contributed by atoms with Gasteiger partial charge in [0.1, 0.15) is 0 Å². The van der Waals surface area contributed by atoms with Crippen LogP contribution in [0.2, 0.25) is 0 Å². The van der Waals surface area contributed by atoms with Crippen molar-refractivity contribution >= 4 is 12.2 Å². The summed E-state index contributed by atoms with van der Waals surface area (Å²) in [5.41, 5.74) is 6.16. The predicted molar refractivity (Wildman–Crippen MR) is 65.6 cm³/mol. The number of nitrogens with one attached hydrogen (secondary N) is 2. The molecule has 2 aromatic rings. The summed E-state index contributed by atoms with van der Waals surface area (Å²) in [6.45, 7) is 6.37. The maximum atomic E-state index is 5.02. The molecule has 0 aliphatic rings. The zero-order valence-electron chi connectivity index (χ0n) is 9.14. The highest BCUT2D eigenvalue weighted by Crippen LogP contribution is 2.24. The van der Waals surface area contributed by atoms with Crippen LogP contribution < -0.4 is 0 Å². The van der Waals surface area contributed by atoms with Gasteiger partial charge in [0.05, 0.1) is 5.69 Å². The van der Waals surface area contributed by atoms with Crippen LogP contribution in [0.1, 0.15) is 16.7 Å². The molecule has 1 aromatic heterocycles. The first kappa shape index (κ1) is 10.2. The van der Waals surface area contributed by atoms with Gasteiger partial charge < -0.3 is 9.97 Å². The Labute approximate surface area is 94.4 Å². The van der Waals surface area contributed by atoms with Crippen LogP contribution in [0.4, 0.5) is 0 Å². The van der Waals surface area contributed by atoms with Gasteiger partial charge >= 0.3 is 0 Å². The van der Waals surface area contributed by atoms with Crippen LogP contribution in [-0.4, -0.2) is 9.97 Å². The van der Waals surface area contributed by atoms with Crippen molar-refractivity contribution in [2.75, 3.05) is 0 Å². The molecule has 0 spiro atoms. The average molecular weight is 218 g/mol. The Morgan fingerprint density at radius 3 is 2.27 bits per heavy atom. The van der Waals surface area contributed by atoms with Gasteiger partial charge in [-0.25, -0.2) is 0 Å². The van der Waals surface area contributed by atoms with Crippen molar-refractivity contribution in [2.24, 2.45) is 0 Å². The molecule has 2 nitrogen and oxygen atoms in total. The Hall–Kier alpha value is -1.35. The molecule has 1 heterocycles. The standard InChI is InChI=1S/C12H14N2S/c1-7-4-9(3)10(5-8(7)2)11-6-13-12(15)14-11/h4-6H,1-3H3,(H2,13,14,15). The molecule has 0 radical (unpaired) electrons. The molecule has 0 bridgehead atoms. The minimum atomic E-state index is 0.669. The van der Waals surface area contributed by atoms with E-state index in [-0.39, 0.29) is 0 Å². The van der Waals surface area contributed by atoms with E-state index in [1.807, 2.05) is 6.20 Å². The van der Waals surface area contributed by atoms with Gasteiger partial charge in [-0.3, -0.25) is 0 Å². The van der Waals surface area contributed by atoms with Gasteiger partial charge in [0, 0.05) is 11.8 Å². The van der Waals surface area contributed by atoms with Crippen LogP contribution in [0.3, 0.4) is 0 Å². The van der Waals surface area contributed by atoms with Crippen molar-refractivity contribution in [1.82, 2.24) is 9.97 Å². The fraction of sp³-hybridized carbons (Fsp3) is 0.250. The molecule has 0 saturated carbocycles. The van der Waals surface area contributed by atoms with Crippen molar-refractivity contribution in [3.63, 3.8) is 0 Å². The highest BCUT2D eigenvalue weighted by Gasteiger charge is 2.05. The van der Waals surface area contributed by atoms with Crippen LogP contribution in [0.15, 0.2) is 18.3 Å². The Bertz CT molecular complexity index is 549. The Balaban J connectivity index is 2.63. The summed E-state index contributed by atoms with van der Waals surface area (Å²) >= 11 is 5.02. The van der Waals surface area contributed by atoms with E-state index in [0.29, 0.717) is 4.77 Å². The second-order valence-corrected chi connectivity index (χ2v) is 4.32. The number of hydrogen-bond donors (Lipinski definition) is 2. The molecule has 2 N–H and O–H groups in total. The summed E-state index contributed by atoms with van der Waals surface area (Å²) < 4.78 is 0.669. The zero-order chi connectivity index (χ0) is 11.0. The first-order valence-electron chi connectivity index (χ1n) is 4.94. The van der Waals surface area contributed by atoms with Crippen molar-refractivity contribution < 1.29 is 0 Å². The first-order valence-corrected chi connectivity index (χ1v) is 5.34. The first-order chi connectivity index (χ1) is 7.08. The van der Waals surface area contributed by atoms with E-state index >= 15 is 0 Å². The van der Waals surface area contributed by atoms with E-state index < -0.39 is 0 Å². The highest BCUT2D eigenvalue weighted by molar-refractivity contribution is 7.71. The Morgan fingerprint density at radius 2 is 1.67 bits per heavy atom. The fourth-order valence-corrected chi connectivity index (χ4v) is 1.90. The number of imidazole rings is 1. The molecule has 0 atom stereocenters. The van der Waals surface area contributed by atoms with Gasteiger partial charge in [-0.05, 0) is 55.7 Å². The van der Waals surface area contributed by atoms with Crippen LogP contribution >= 0.6 is 12.2 Å². The lowest BCUT2D eigenvalue weighted by Gasteiger charge is -2.07.